The van der Waals surface area contributed by atoms with Crippen molar-refractivity contribution in [2.24, 2.45) is 29.2 Å². The minimum atomic E-state index is -1.00. The molecule has 0 radical (unpaired) electrons. The third-order valence-corrected chi connectivity index (χ3v) is 20.1. The Kier molecular flexibility index (Phi) is 18.2. The van der Waals surface area contributed by atoms with Gasteiger partial charge in [-0.3, -0.25) is 0 Å². The number of nitriles is 1. The Hall–Kier alpha value is -6.98. The average molecular weight is 1280 g/mol. The number of ether oxygens (including phenoxy) is 4. The van der Waals surface area contributed by atoms with Gasteiger partial charge >= 0.3 is 0 Å². The molecule has 3 aromatic carbocycles. The topological polar surface area (TPSA) is 366 Å². The van der Waals surface area contributed by atoms with Gasteiger partial charge in [0.05, 0.1) is 114 Å². The van der Waals surface area contributed by atoms with Gasteiger partial charge < -0.3 is 71.9 Å². The number of benzene rings is 3. The van der Waals surface area contributed by atoms with Crippen LogP contribution in [0.15, 0.2) is 72.8 Å². The summed E-state index contributed by atoms with van der Waals surface area (Å²) in [7, 11) is 0. The lowest BCUT2D eigenvalue weighted by Crippen LogP contribution is -2.36. The zero-order chi connectivity index (χ0) is 63.3. The van der Waals surface area contributed by atoms with Crippen LogP contribution in [0.2, 0.25) is 0 Å². The molecule has 2 aliphatic heterocycles. The number of anilines is 3. The van der Waals surface area contributed by atoms with Crippen molar-refractivity contribution < 1.29 is 44.5 Å². The van der Waals surface area contributed by atoms with E-state index in [2.05, 4.69) is 46.9 Å². The first-order valence-electron chi connectivity index (χ1n) is 30.0. The number of nitrogens with zero attached hydrogens (tertiary/aromatic N) is 10. The van der Waals surface area contributed by atoms with E-state index in [1.807, 2.05) is 121 Å². The Balaban J connectivity index is 0.000000131. The Labute approximate surface area is 531 Å². The zero-order valence-corrected chi connectivity index (χ0v) is 53.2. The fourth-order valence-corrected chi connectivity index (χ4v) is 16.1. The van der Waals surface area contributed by atoms with E-state index in [4.69, 9.17) is 50.4 Å². The predicted molar refractivity (Wildman–Crippen MR) is 344 cm³/mol. The molecule has 9 aromatic rings. The third-order valence-electron chi connectivity index (χ3n) is 17.0. The molecule has 472 valence electrons. The molecule has 0 amide bonds. The molecule has 0 spiro atoms. The van der Waals surface area contributed by atoms with Crippen LogP contribution in [0.4, 0.5) is 17.5 Å². The molecule has 0 bridgehead atoms. The minimum Gasteiger partial charge on any atom is -0.396 e. The molecule has 24 nitrogen and oxygen atoms in total. The SMILES string of the molecule is Cc1nc(C#N)nc(N[C@@H]2C[C@H](CO)[C@H]3OC(C)(C)O[C@H]32)c1-c1nc2ccccc2s1.Cc1nc(CN)nc(N[C@@H]2C[C@H](CO)[C@@H](O)[C@H]2O)c1-c1nc2ccccc2s1.Cc1nc(CN)nc(N[C@@H]2C[C@H](CO)[C@H]3OC(C)(C)O[C@H]32)c1-c1nc2ccccc2s1. The molecule has 3 saturated carbocycles. The largest absolute Gasteiger partial charge is 0.396 e. The van der Waals surface area contributed by atoms with Crippen molar-refractivity contribution in [2.75, 3.05) is 35.8 Å². The molecule has 12 atom stereocenters. The maximum Gasteiger partial charge on any atom is 0.234 e. The normalized spacial score (nSPS) is 26.2. The summed E-state index contributed by atoms with van der Waals surface area (Å²) in [4.78, 5) is 41.5. The van der Waals surface area contributed by atoms with E-state index in [9.17, 15) is 30.8 Å². The Morgan fingerprint density at radius 1 is 0.489 bits per heavy atom. The van der Waals surface area contributed by atoms with Crippen molar-refractivity contribution in [3.63, 3.8) is 0 Å². The number of thiazole rings is 3. The van der Waals surface area contributed by atoms with Crippen molar-refractivity contribution in [1.82, 2.24) is 44.9 Å². The number of aromatic nitrogens is 9. The number of aliphatic hydroxyl groups is 5. The molecule has 3 aliphatic carbocycles. The number of hydrogen-bond acceptors (Lipinski definition) is 27. The minimum absolute atomic E-state index is 0.00656. The highest BCUT2D eigenvalue weighted by atomic mass is 32.1. The van der Waals surface area contributed by atoms with Crippen LogP contribution in [-0.2, 0) is 32.0 Å². The number of nitrogens with two attached hydrogens (primary N) is 2. The van der Waals surface area contributed by atoms with Crippen molar-refractivity contribution in [2.45, 2.75) is 147 Å². The standard InChI is InChI=1S/C22H27N5O3S.C22H23N5O3S.C19H23N5O3S/c2*1-11-17(21-26-13-6-4-5-7-15(13)31-21)20(27-16(9-23)24-11)25-14-8-12(10-28)18-19(14)30-22(2,3)29-18;1-9-15(19-23-11-4-2-3-5-13(11)28-19)18(24-14(7-20)21-9)22-12-6-10(8-25)16(26)17(12)27/h4-7,12,14,18-19,28H,8-10,23H2,1-3H3,(H,24,25,27);4-7,12,14,18-19,28H,8,10H2,1-3H3,(H,24,25,27);2-5,10,12,16-17,25-27H,6-8,20H2,1H3,(H,21,22,24)/t2*12-,14-,18-,19+;10-,12-,16-,17+/m111/s1. The molecule has 2 saturated heterocycles. The third kappa shape index (κ3) is 12.7. The van der Waals surface area contributed by atoms with Gasteiger partial charge in [0.1, 0.15) is 68.5 Å². The summed E-state index contributed by atoms with van der Waals surface area (Å²) in [6.45, 7) is 13.6. The van der Waals surface area contributed by atoms with E-state index < -0.39 is 29.8 Å². The second-order valence-electron chi connectivity index (χ2n) is 24.1. The van der Waals surface area contributed by atoms with E-state index in [0.717, 1.165) is 80.2 Å². The fraction of sp³-hybridized carbons (Fsp3) is 0.460. The van der Waals surface area contributed by atoms with Gasteiger partial charge in [0.15, 0.2) is 11.6 Å². The number of rotatable bonds is 14. The zero-order valence-electron chi connectivity index (χ0n) is 50.7. The van der Waals surface area contributed by atoms with Crippen LogP contribution in [0, 0.1) is 49.9 Å². The molecule has 12 N–H and O–H groups in total. The van der Waals surface area contributed by atoms with Gasteiger partial charge in [-0.25, -0.2) is 44.9 Å². The summed E-state index contributed by atoms with van der Waals surface area (Å²) in [5.74, 6) is 1.14. The molecule has 90 heavy (non-hydrogen) atoms. The summed E-state index contributed by atoms with van der Waals surface area (Å²) in [6.07, 6.45) is -0.902. The lowest BCUT2D eigenvalue weighted by Gasteiger charge is -2.24. The van der Waals surface area contributed by atoms with Crippen LogP contribution in [0.5, 0.6) is 0 Å². The summed E-state index contributed by atoms with van der Waals surface area (Å²) in [5.41, 5.74) is 19.0. The molecule has 14 rings (SSSR count). The predicted octanol–water partition coefficient (Wildman–Crippen LogP) is 7.11. The average Bonchev–Trinajstić information content (AvgIpc) is 1.67. The highest BCUT2D eigenvalue weighted by Gasteiger charge is 2.55. The van der Waals surface area contributed by atoms with Gasteiger partial charge in [-0.15, -0.1) is 34.0 Å². The number of para-hydroxylation sites is 3. The van der Waals surface area contributed by atoms with Gasteiger partial charge in [0.2, 0.25) is 5.82 Å². The first-order valence-corrected chi connectivity index (χ1v) is 32.4. The van der Waals surface area contributed by atoms with Gasteiger partial charge in [0, 0.05) is 37.6 Å². The lowest BCUT2D eigenvalue weighted by atomic mass is 10.1. The second kappa shape index (κ2) is 26.0. The maximum atomic E-state index is 10.4. The smallest absolute Gasteiger partial charge is 0.234 e. The molecular formula is C63H73N15O9S3. The quantitative estimate of drug-likeness (QED) is 0.0518. The van der Waals surface area contributed by atoms with Crippen LogP contribution in [0.25, 0.3) is 62.4 Å². The van der Waals surface area contributed by atoms with Crippen LogP contribution < -0.4 is 27.4 Å². The number of aryl methyl sites for hydroxylation is 3. The molecule has 0 unspecified atom stereocenters. The van der Waals surface area contributed by atoms with Crippen molar-refractivity contribution in [3.05, 3.63) is 107 Å². The van der Waals surface area contributed by atoms with E-state index >= 15 is 0 Å². The van der Waals surface area contributed by atoms with Crippen molar-refractivity contribution in [1.29, 1.82) is 5.26 Å². The summed E-state index contributed by atoms with van der Waals surface area (Å²) in [6, 6.07) is 25.3. The van der Waals surface area contributed by atoms with Crippen LogP contribution in [0.3, 0.4) is 0 Å². The lowest BCUT2D eigenvalue weighted by molar-refractivity contribution is -0.159. The van der Waals surface area contributed by atoms with E-state index in [1.165, 1.54) is 0 Å². The van der Waals surface area contributed by atoms with Gasteiger partial charge in [-0.05, 0) is 104 Å². The van der Waals surface area contributed by atoms with Crippen LogP contribution in [0.1, 0.15) is 81.5 Å². The van der Waals surface area contributed by atoms with Gasteiger partial charge in [0.25, 0.3) is 0 Å². The van der Waals surface area contributed by atoms with Crippen LogP contribution >= 0.6 is 34.0 Å². The van der Waals surface area contributed by atoms with E-state index in [1.54, 1.807) is 34.0 Å². The maximum absolute atomic E-state index is 10.4. The van der Waals surface area contributed by atoms with Crippen molar-refractivity contribution >= 4 is 82.1 Å². The first-order chi connectivity index (χ1) is 43.3. The Morgan fingerprint density at radius 2 is 0.844 bits per heavy atom. The molecular weight excluding hydrogens is 1210 g/mol. The fourth-order valence-electron chi connectivity index (χ4n) is 12.9. The second-order valence-corrected chi connectivity index (χ2v) is 27.2. The molecule has 5 aliphatic rings. The summed E-state index contributed by atoms with van der Waals surface area (Å²) < 4.78 is 27.7. The number of fused-ring (bicyclic) bond motifs is 5. The Bertz CT molecular complexity index is 4020. The van der Waals surface area contributed by atoms with Crippen LogP contribution in [-0.4, -0.2) is 157 Å². The Morgan fingerprint density at radius 3 is 1.21 bits per heavy atom. The summed E-state index contributed by atoms with van der Waals surface area (Å²) in [5, 5.41) is 71.9. The van der Waals surface area contributed by atoms with E-state index in [-0.39, 0.29) is 93.0 Å². The summed E-state index contributed by atoms with van der Waals surface area (Å²) >= 11 is 4.72. The van der Waals surface area contributed by atoms with E-state index in [0.29, 0.717) is 47.6 Å². The molecule has 8 heterocycles. The highest BCUT2D eigenvalue weighted by Crippen LogP contribution is 2.47. The molecule has 6 aromatic heterocycles. The number of nitrogens with one attached hydrogen (secondary N) is 3. The molecule has 27 heteroatoms. The van der Waals surface area contributed by atoms with Crippen molar-refractivity contribution in [3.8, 4) is 37.8 Å². The highest BCUT2D eigenvalue weighted by molar-refractivity contribution is 7.22. The van der Waals surface area contributed by atoms with Gasteiger partial charge in [-0.2, -0.15) is 5.26 Å². The number of aliphatic hydroxyl groups excluding tert-OH is 5. The number of hydrogen-bond donors (Lipinski definition) is 10. The molecule has 5 fully saturated rings. The van der Waals surface area contributed by atoms with Gasteiger partial charge in [-0.1, -0.05) is 36.4 Å². The monoisotopic (exact) mass is 1280 g/mol. The first kappa shape index (κ1) is 63.2.